The molecule has 0 bridgehead atoms. The molecule has 0 aliphatic heterocycles. The number of carbonyl (C=O) groups is 1. The van der Waals surface area contributed by atoms with Gasteiger partial charge in [0.05, 0.1) is 12.7 Å². The fourth-order valence-electron chi connectivity index (χ4n) is 2.65. The van der Waals surface area contributed by atoms with Crippen molar-refractivity contribution in [2.24, 2.45) is 0 Å². The summed E-state index contributed by atoms with van der Waals surface area (Å²) in [4.78, 5) is 10.3. The number of aliphatic hydroxyl groups is 2. The first kappa shape index (κ1) is 26.6. The number of carboxylic acid groups (broad SMARTS) is 1. The zero-order valence-corrected chi connectivity index (χ0v) is 16.8. The van der Waals surface area contributed by atoms with Crippen LogP contribution in [0.25, 0.3) is 0 Å². The molecule has 4 nitrogen and oxygen atoms in total. The second-order valence-electron chi connectivity index (χ2n) is 7.13. The summed E-state index contributed by atoms with van der Waals surface area (Å²) >= 11 is 0. The van der Waals surface area contributed by atoms with E-state index >= 15 is 0 Å². The molecular formula is C21H44O4. The summed E-state index contributed by atoms with van der Waals surface area (Å²) in [6.45, 7) is 3.66. The molecule has 0 fully saturated rings. The lowest BCUT2D eigenvalue weighted by atomic mass is 10.0. The Balaban J connectivity index is 0. The van der Waals surface area contributed by atoms with Crippen molar-refractivity contribution in [3.8, 4) is 0 Å². The Morgan fingerprint density at radius 1 is 0.720 bits per heavy atom. The van der Waals surface area contributed by atoms with Crippen molar-refractivity contribution in [3.05, 3.63) is 0 Å². The number of unbranched alkanes of at least 4 members (excludes halogenated alkanes) is 14. The van der Waals surface area contributed by atoms with Gasteiger partial charge in [0.2, 0.25) is 0 Å². The zero-order chi connectivity index (χ0) is 19.2. The standard InChI is InChI=1S/C18H36O2.C3H8O2/c1-2-3-4-5-6-7-8-9-10-11-12-13-14-15-16-17-18(19)20;1-3(5)2-4/h2-17H2,1H3,(H,19,20);3-5H,2H2,1H3. The molecule has 1 unspecified atom stereocenters. The van der Waals surface area contributed by atoms with Crippen molar-refractivity contribution in [2.45, 2.75) is 123 Å². The summed E-state index contributed by atoms with van der Waals surface area (Å²) in [5.74, 6) is -0.653. The minimum absolute atomic E-state index is 0.139. The minimum atomic E-state index is -0.653. The van der Waals surface area contributed by atoms with E-state index in [4.69, 9.17) is 15.3 Å². The molecule has 0 radical (unpaired) electrons. The Bertz CT molecular complexity index is 254. The lowest BCUT2D eigenvalue weighted by Gasteiger charge is -2.03. The van der Waals surface area contributed by atoms with Gasteiger partial charge >= 0.3 is 5.97 Å². The van der Waals surface area contributed by atoms with Crippen LogP contribution < -0.4 is 0 Å². The Kier molecular flexibility index (Phi) is 24.9. The van der Waals surface area contributed by atoms with Crippen LogP contribution in [0.1, 0.15) is 117 Å². The van der Waals surface area contributed by atoms with E-state index in [9.17, 15) is 4.79 Å². The van der Waals surface area contributed by atoms with E-state index in [1.54, 1.807) is 0 Å². The van der Waals surface area contributed by atoms with Crippen LogP contribution in [0.2, 0.25) is 0 Å². The van der Waals surface area contributed by atoms with Gasteiger partial charge in [-0.25, -0.2) is 0 Å². The molecule has 0 aromatic rings. The largest absolute Gasteiger partial charge is 0.481 e. The number of hydrogen-bond acceptors (Lipinski definition) is 3. The highest BCUT2D eigenvalue weighted by molar-refractivity contribution is 5.66. The normalized spacial score (nSPS) is 11.7. The molecule has 1 atom stereocenters. The van der Waals surface area contributed by atoms with Gasteiger partial charge < -0.3 is 15.3 Å². The van der Waals surface area contributed by atoms with E-state index in [-0.39, 0.29) is 6.61 Å². The lowest BCUT2D eigenvalue weighted by molar-refractivity contribution is -0.137. The van der Waals surface area contributed by atoms with Crippen LogP contribution in [0.5, 0.6) is 0 Å². The Morgan fingerprint density at radius 2 is 1.00 bits per heavy atom. The van der Waals surface area contributed by atoms with Crippen molar-refractivity contribution in [1.82, 2.24) is 0 Å². The van der Waals surface area contributed by atoms with Crippen molar-refractivity contribution in [1.29, 1.82) is 0 Å². The first-order valence-electron chi connectivity index (χ1n) is 10.5. The zero-order valence-electron chi connectivity index (χ0n) is 16.8. The van der Waals surface area contributed by atoms with Gasteiger partial charge in [-0.1, -0.05) is 96.8 Å². The lowest BCUT2D eigenvalue weighted by Crippen LogP contribution is -2.03. The molecule has 0 saturated heterocycles. The molecule has 0 spiro atoms. The smallest absolute Gasteiger partial charge is 0.303 e. The molecule has 0 saturated carbocycles. The fourth-order valence-corrected chi connectivity index (χ4v) is 2.65. The van der Waals surface area contributed by atoms with Gasteiger partial charge in [0, 0.05) is 6.42 Å². The molecule has 0 rings (SSSR count). The molecular weight excluding hydrogens is 316 g/mol. The highest BCUT2D eigenvalue weighted by atomic mass is 16.4. The number of rotatable bonds is 17. The molecule has 4 heteroatoms. The first-order chi connectivity index (χ1) is 12.0. The van der Waals surface area contributed by atoms with E-state index in [0.717, 1.165) is 12.8 Å². The summed E-state index contributed by atoms with van der Waals surface area (Å²) in [5.41, 5.74) is 0. The number of hydrogen-bond donors (Lipinski definition) is 3. The minimum Gasteiger partial charge on any atom is -0.481 e. The van der Waals surface area contributed by atoms with Crippen molar-refractivity contribution in [2.75, 3.05) is 6.61 Å². The molecule has 152 valence electrons. The maximum absolute atomic E-state index is 10.3. The predicted molar refractivity (Wildman–Crippen MR) is 106 cm³/mol. The summed E-state index contributed by atoms with van der Waals surface area (Å²) in [5, 5.41) is 24.5. The van der Waals surface area contributed by atoms with E-state index in [0.29, 0.717) is 6.42 Å². The van der Waals surface area contributed by atoms with E-state index in [1.807, 2.05) is 0 Å². The van der Waals surface area contributed by atoms with Crippen molar-refractivity contribution < 1.29 is 20.1 Å². The predicted octanol–water partition coefficient (Wildman–Crippen LogP) is 5.69. The van der Waals surface area contributed by atoms with Crippen molar-refractivity contribution >= 4 is 5.97 Å². The Labute approximate surface area is 156 Å². The van der Waals surface area contributed by atoms with Gasteiger partial charge in [0.1, 0.15) is 0 Å². The van der Waals surface area contributed by atoms with Crippen LogP contribution in [0.4, 0.5) is 0 Å². The van der Waals surface area contributed by atoms with E-state index in [2.05, 4.69) is 6.92 Å². The summed E-state index contributed by atoms with van der Waals surface area (Å²) in [7, 11) is 0. The average Bonchev–Trinajstić information content (AvgIpc) is 2.58. The molecule has 0 aliphatic carbocycles. The van der Waals surface area contributed by atoms with Crippen LogP contribution in [-0.2, 0) is 4.79 Å². The quantitative estimate of drug-likeness (QED) is 0.291. The molecule has 0 aromatic carbocycles. The highest BCUT2D eigenvalue weighted by Gasteiger charge is 1.97. The first-order valence-corrected chi connectivity index (χ1v) is 10.5. The van der Waals surface area contributed by atoms with Crippen molar-refractivity contribution in [3.63, 3.8) is 0 Å². The molecule has 0 heterocycles. The summed E-state index contributed by atoms with van der Waals surface area (Å²) in [6, 6.07) is 0. The van der Waals surface area contributed by atoms with Gasteiger partial charge in [-0.2, -0.15) is 0 Å². The van der Waals surface area contributed by atoms with Gasteiger partial charge in [-0.3, -0.25) is 4.79 Å². The highest BCUT2D eigenvalue weighted by Crippen LogP contribution is 2.13. The third-order valence-corrected chi connectivity index (χ3v) is 4.26. The Hall–Kier alpha value is -0.610. The van der Waals surface area contributed by atoms with Gasteiger partial charge in [0.25, 0.3) is 0 Å². The topological polar surface area (TPSA) is 77.8 Å². The SMILES string of the molecule is CC(O)CO.CCCCCCCCCCCCCCCCCC(=O)O. The van der Waals surface area contributed by atoms with Crippen LogP contribution >= 0.6 is 0 Å². The number of aliphatic hydroxyl groups excluding tert-OH is 2. The maximum atomic E-state index is 10.3. The van der Waals surface area contributed by atoms with Gasteiger partial charge in [0.15, 0.2) is 0 Å². The number of aliphatic carboxylic acids is 1. The van der Waals surface area contributed by atoms with E-state index in [1.165, 1.54) is 90.4 Å². The fraction of sp³-hybridized carbons (Fsp3) is 0.952. The van der Waals surface area contributed by atoms with Crippen LogP contribution in [0, 0.1) is 0 Å². The number of carboxylic acids is 1. The summed E-state index contributed by atoms with van der Waals surface area (Å²) in [6.07, 6.45) is 19.6. The van der Waals surface area contributed by atoms with Gasteiger partial charge in [-0.05, 0) is 13.3 Å². The average molecular weight is 361 g/mol. The second-order valence-corrected chi connectivity index (χ2v) is 7.13. The third-order valence-electron chi connectivity index (χ3n) is 4.26. The second kappa shape index (κ2) is 23.4. The molecule has 3 N–H and O–H groups in total. The van der Waals surface area contributed by atoms with Crippen LogP contribution in [0.3, 0.4) is 0 Å². The molecule has 0 amide bonds. The van der Waals surface area contributed by atoms with Crippen LogP contribution in [-0.4, -0.2) is 34.0 Å². The summed E-state index contributed by atoms with van der Waals surface area (Å²) < 4.78 is 0. The molecule has 25 heavy (non-hydrogen) atoms. The Morgan fingerprint density at radius 3 is 1.24 bits per heavy atom. The maximum Gasteiger partial charge on any atom is 0.303 e. The van der Waals surface area contributed by atoms with Crippen LogP contribution in [0.15, 0.2) is 0 Å². The van der Waals surface area contributed by atoms with E-state index < -0.39 is 12.1 Å². The molecule has 0 aromatic heterocycles. The third kappa shape index (κ3) is 31.6. The monoisotopic (exact) mass is 360 g/mol. The van der Waals surface area contributed by atoms with Gasteiger partial charge in [-0.15, -0.1) is 0 Å². The molecule has 0 aliphatic rings.